The Balaban J connectivity index is 1.81. The van der Waals surface area contributed by atoms with Crippen molar-refractivity contribution in [3.63, 3.8) is 0 Å². The zero-order chi connectivity index (χ0) is 11.4. The number of aliphatic hydroxyl groups is 1. The van der Waals surface area contributed by atoms with Gasteiger partial charge in [-0.3, -0.25) is 4.79 Å². The highest BCUT2D eigenvalue weighted by Gasteiger charge is 2.31. The van der Waals surface area contributed by atoms with Crippen LogP contribution in [0.2, 0.25) is 0 Å². The minimum Gasteiger partial charge on any atom is -0.395 e. The molecule has 1 aromatic heterocycles. The van der Waals surface area contributed by atoms with Crippen LogP contribution in [0.15, 0.2) is 21.7 Å². The van der Waals surface area contributed by atoms with Crippen LogP contribution in [-0.2, 0) is 4.79 Å². The summed E-state index contributed by atoms with van der Waals surface area (Å²) in [5, 5.41) is 10.9. The Labute approximate surface area is 103 Å². The molecule has 1 saturated carbocycles. The van der Waals surface area contributed by atoms with Crippen molar-refractivity contribution in [1.29, 1.82) is 0 Å². The van der Waals surface area contributed by atoms with Crippen LogP contribution >= 0.6 is 23.1 Å². The third-order valence-corrected chi connectivity index (χ3v) is 4.60. The molecule has 0 unspecified atom stereocenters. The molecule has 1 heterocycles. The van der Waals surface area contributed by atoms with Crippen LogP contribution in [0.3, 0.4) is 0 Å². The second kappa shape index (κ2) is 5.70. The fraction of sp³-hybridized carbons (Fsp3) is 0.545. The molecule has 2 rings (SSSR count). The quantitative estimate of drug-likeness (QED) is 0.790. The molecule has 1 aromatic rings. The topological polar surface area (TPSA) is 40.5 Å². The van der Waals surface area contributed by atoms with Gasteiger partial charge in [0.25, 0.3) is 0 Å². The van der Waals surface area contributed by atoms with Gasteiger partial charge in [0.05, 0.1) is 16.6 Å². The van der Waals surface area contributed by atoms with Crippen molar-refractivity contribution in [3.05, 3.63) is 17.5 Å². The van der Waals surface area contributed by atoms with Crippen LogP contribution < -0.4 is 0 Å². The lowest BCUT2D eigenvalue weighted by atomic mass is 10.4. The maximum atomic E-state index is 11.9. The Morgan fingerprint density at radius 1 is 1.62 bits per heavy atom. The number of hydrogen-bond donors (Lipinski definition) is 1. The summed E-state index contributed by atoms with van der Waals surface area (Å²) in [5.74, 6) is 0.631. The number of thiophene rings is 1. The highest BCUT2D eigenvalue weighted by Crippen LogP contribution is 2.29. The summed E-state index contributed by atoms with van der Waals surface area (Å²) in [6.45, 7) is 0.542. The van der Waals surface area contributed by atoms with E-state index in [1.807, 2.05) is 22.4 Å². The van der Waals surface area contributed by atoms with E-state index in [2.05, 4.69) is 0 Å². The molecule has 1 amide bonds. The molecule has 3 nitrogen and oxygen atoms in total. The fourth-order valence-corrected chi connectivity index (χ4v) is 3.24. The van der Waals surface area contributed by atoms with Gasteiger partial charge in [-0.25, -0.2) is 0 Å². The second-order valence-electron chi connectivity index (χ2n) is 3.76. The molecule has 0 saturated heterocycles. The van der Waals surface area contributed by atoms with Crippen molar-refractivity contribution < 1.29 is 9.90 Å². The first-order valence-electron chi connectivity index (χ1n) is 5.38. The summed E-state index contributed by atoms with van der Waals surface area (Å²) in [5.41, 5.74) is 0. The summed E-state index contributed by atoms with van der Waals surface area (Å²) in [6, 6.07) is 4.41. The van der Waals surface area contributed by atoms with Gasteiger partial charge in [-0.05, 0) is 24.3 Å². The molecule has 0 aromatic carbocycles. The van der Waals surface area contributed by atoms with Gasteiger partial charge in [-0.2, -0.15) is 0 Å². The van der Waals surface area contributed by atoms with Crippen molar-refractivity contribution in [3.8, 4) is 0 Å². The predicted molar refractivity (Wildman–Crippen MR) is 66.9 cm³/mol. The monoisotopic (exact) mass is 257 g/mol. The summed E-state index contributed by atoms with van der Waals surface area (Å²) < 4.78 is 1.17. The zero-order valence-electron chi connectivity index (χ0n) is 8.96. The van der Waals surface area contributed by atoms with Crippen LogP contribution in [-0.4, -0.2) is 40.9 Å². The molecule has 0 spiro atoms. The van der Waals surface area contributed by atoms with E-state index >= 15 is 0 Å². The minimum atomic E-state index is 0.0614. The van der Waals surface area contributed by atoms with Crippen LogP contribution in [0, 0.1) is 0 Å². The Morgan fingerprint density at radius 3 is 3.00 bits per heavy atom. The van der Waals surface area contributed by atoms with Gasteiger partial charge in [0.2, 0.25) is 5.91 Å². The first kappa shape index (κ1) is 12.0. The number of thioether (sulfide) groups is 1. The van der Waals surface area contributed by atoms with Crippen LogP contribution in [0.1, 0.15) is 12.8 Å². The van der Waals surface area contributed by atoms with Crippen molar-refractivity contribution in [2.24, 2.45) is 0 Å². The minimum absolute atomic E-state index is 0.0614. The predicted octanol–water partition coefficient (Wildman–Crippen LogP) is 1.82. The van der Waals surface area contributed by atoms with E-state index in [4.69, 9.17) is 5.11 Å². The van der Waals surface area contributed by atoms with Gasteiger partial charge in [0, 0.05) is 12.6 Å². The molecule has 1 N–H and O–H groups in total. The van der Waals surface area contributed by atoms with E-state index in [0.717, 1.165) is 12.8 Å². The molecule has 0 bridgehead atoms. The number of carbonyl (C=O) groups excluding carboxylic acids is 1. The summed E-state index contributed by atoms with van der Waals surface area (Å²) in [4.78, 5) is 13.7. The highest BCUT2D eigenvalue weighted by atomic mass is 32.2. The van der Waals surface area contributed by atoms with Crippen molar-refractivity contribution in [1.82, 2.24) is 4.90 Å². The van der Waals surface area contributed by atoms with Crippen LogP contribution in [0.4, 0.5) is 0 Å². The summed E-state index contributed by atoms with van der Waals surface area (Å²) in [7, 11) is 0. The van der Waals surface area contributed by atoms with Gasteiger partial charge in [-0.15, -0.1) is 23.1 Å². The third-order valence-electron chi connectivity index (χ3n) is 2.48. The Bertz CT molecular complexity index is 336. The van der Waals surface area contributed by atoms with E-state index in [1.54, 1.807) is 23.1 Å². The van der Waals surface area contributed by atoms with Crippen molar-refractivity contribution in [2.45, 2.75) is 23.1 Å². The molecule has 0 atom stereocenters. The fourth-order valence-electron chi connectivity index (χ4n) is 1.57. The maximum Gasteiger partial charge on any atom is 0.233 e. The normalized spacial score (nSPS) is 15.1. The van der Waals surface area contributed by atoms with Gasteiger partial charge in [0.15, 0.2) is 0 Å². The molecule has 5 heteroatoms. The molecule has 0 radical (unpaired) electrons. The Morgan fingerprint density at radius 2 is 2.44 bits per heavy atom. The molecule has 88 valence electrons. The average Bonchev–Trinajstić information content (AvgIpc) is 2.99. The Hall–Kier alpha value is -0.520. The van der Waals surface area contributed by atoms with E-state index in [-0.39, 0.29) is 12.5 Å². The van der Waals surface area contributed by atoms with Gasteiger partial charge in [-0.1, -0.05) is 6.07 Å². The van der Waals surface area contributed by atoms with Crippen molar-refractivity contribution >= 4 is 29.0 Å². The largest absolute Gasteiger partial charge is 0.395 e. The molecule has 1 aliphatic rings. The summed E-state index contributed by atoms with van der Waals surface area (Å²) >= 11 is 3.24. The first-order chi connectivity index (χ1) is 7.81. The number of hydrogen-bond acceptors (Lipinski definition) is 4. The lowest BCUT2D eigenvalue weighted by Crippen LogP contribution is -2.36. The van der Waals surface area contributed by atoms with E-state index < -0.39 is 0 Å². The van der Waals surface area contributed by atoms with Crippen LogP contribution in [0.5, 0.6) is 0 Å². The van der Waals surface area contributed by atoms with E-state index in [0.29, 0.717) is 18.3 Å². The molecule has 1 fully saturated rings. The molecular weight excluding hydrogens is 242 g/mol. The standard InChI is InChI=1S/C11H15NO2S2/c13-6-5-12(9-3-4-9)10(14)8-16-11-2-1-7-15-11/h1-2,7,9,13H,3-6,8H2. The Kier molecular flexibility index (Phi) is 4.26. The number of carbonyl (C=O) groups is 1. The van der Waals surface area contributed by atoms with Crippen molar-refractivity contribution in [2.75, 3.05) is 18.9 Å². The molecule has 0 aliphatic heterocycles. The lowest BCUT2D eigenvalue weighted by Gasteiger charge is -2.20. The second-order valence-corrected chi connectivity index (χ2v) is 5.99. The number of nitrogens with zero attached hydrogens (tertiary/aromatic N) is 1. The SMILES string of the molecule is O=C(CSc1cccs1)N(CCO)C1CC1. The first-order valence-corrected chi connectivity index (χ1v) is 7.24. The molecule has 16 heavy (non-hydrogen) atoms. The third kappa shape index (κ3) is 3.23. The molecular formula is C11H15NO2S2. The van der Waals surface area contributed by atoms with Gasteiger partial charge >= 0.3 is 0 Å². The maximum absolute atomic E-state index is 11.9. The van der Waals surface area contributed by atoms with Crippen LogP contribution in [0.25, 0.3) is 0 Å². The lowest BCUT2D eigenvalue weighted by molar-refractivity contribution is -0.129. The number of rotatable bonds is 6. The average molecular weight is 257 g/mol. The van der Waals surface area contributed by atoms with E-state index in [1.165, 1.54) is 4.21 Å². The van der Waals surface area contributed by atoms with Gasteiger partial charge in [0.1, 0.15) is 0 Å². The number of amides is 1. The number of aliphatic hydroxyl groups excluding tert-OH is 1. The zero-order valence-corrected chi connectivity index (χ0v) is 10.6. The smallest absolute Gasteiger partial charge is 0.233 e. The van der Waals surface area contributed by atoms with E-state index in [9.17, 15) is 4.79 Å². The summed E-state index contributed by atoms with van der Waals surface area (Å²) in [6.07, 6.45) is 2.19. The van der Waals surface area contributed by atoms with Gasteiger partial charge < -0.3 is 10.0 Å². The highest BCUT2D eigenvalue weighted by molar-refractivity contribution is 8.01. The molecule has 1 aliphatic carbocycles.